The summed E-state index contributed by atoms with van der Waals surface area (Å²) >= 11 is 0. The Hall–Kier alpha value is -0.830. The monoisotopic (exact) mass is 222 g/mol. The van der Waals surface area contributed by atoms with Gasteiger partial charge in [0.25, 0.3) is 0 Å². The molecule has 2 aliphatic rings. The fourth-order valence-corrected chi connectivity index (χ4v) is 2.55. The summed E-state index contributed by atoms with van der Waals surface area (Å²) < 4.78 is 0. The Morgan fingerprint density at radius 3 is 2.44 bits per heavy atom. The average molecular weight is 222 g/mol. The molecule has 3 nitrogen and oxygen atoms in total. The van der Waals surface area contributed by atoms with E-state index >= 15 is 0 Å². The molecule has 1 fully saturated rings. The van der Waals surface area contributed by atoms with Crippen LogP contribution in [-0.2, 0) is 4.79 Å². The third-order valence-electron chi connectivity index (χ3n) is 3.53. The van der Waals surface area contributed by atoms with Crippen molar-refractivity contribution in [3.05, 3.63) is 12.2 Å². The van der Waals surface area contributed by atoms with Gasteiger partial charge in [0.2, 0.25) is 5.91 Å². The third kappa shape index (κ3) is 3.63. The maximum Gasteiger partial charge on any atom is 0.234 e. The summed E-state index contributed by atoms with van der Waals surface area (Å²) in [6.07, 6.45) is 12.7. The molecule has 0 unspecified atom stereocenters. The number of hydrogen-bond acceptors (Lipinski definition) is 2. The van der Waals surface area contributed by atoms with Crippen LogP contribution in [0.2, 0.25) is 0 Å². The fourth-order valence-electron chi connectivity index (χ4n) is 2.55. The number of nitrogens with one attached hydrogen (secondary N) is 2. The number of carbonyl (C=O) groups is 1. The van der Waals surface area contributed by atoms with E-state index in [4.69, 9.17) is 0 Å². The Labute approximate surface area is 97.7 Å². The first kappa shape index (κ1) is 11.6. The van der Waals surface area contributed by atoms with Crippen molar-refractivity contribution in [2.75, 3.05) is 6.54 Å². The summed E-state index contributed by atoms with van der Waals surface area (Å²) in [5, 5.41) is 6.42. The molecule has 2 aliphatic carbocycles. The number of amides is 1. The molecule has 2 rings (SSSR count). The minimum Gasteiger partial charge on any atom is -0.352 e. The van der Waals surface area contributed by atoms with E-state index in [2.05, 4.69) is 22.8 Å². The summed E-state index contributed by atoms with van der Waals surface area (Å²) in [5.41, 5.74) is 0. The van der Waals surface area contributed by atoms with Crippen molar-refractivity contribution >= 4 is 5.91 Å². The molecule has 0 aromatic heterocycles. The molecule has 90 valence electrons. The van der Waals surface area contributed by atoms with Gasteiger partial charge in [-0.25, -0.2) is 0 Å². The highest BCUT2D eigenvalue weighted by Crippen LogP contribution is 2.17. The van der Waals surface area contributed by atoms with Crippen LogP contribution in [0.3, 0.4) is 0 Å². The predicted octanol–water partition coefficient (Wildman–Crippen LogP) is 1.74. The number of hydrogen-bond donors (Lipinski definition) is 2. The summed E-state index contributed by atoms with van der Waals surface area (Å²) in [7, 11) is 0. The van der Waals surface area contributed by atoms with Crippen LogP contribution in [0.1, 0.15) is 44.9 Å². The summed E-state index contributed by atoms with van der Waals surface area (Å²) in [6.45, 7) is 0.475. The average Bonchev–Trinajstić information content (AvgIpc) is 2.81. The van der Waals surface area contributed by atoms with E-state index in [1.807, 2.05) is 0 Å². The molecule has 16 heavy (non-hydrogen) atoms. The quantitative estimate of drug-likeness (QED) is 0.711. The van der Waals surface area contributed by atoms with E-state index in [0.29, 0.717) is 18.6 Å². The maximum absolute atomic E-state index is 11.7. The van der Waals surface area contributed by atoms with Crippen molar-refractivity contribution in [3.63, 3.8) is 0 Å². The molecular formula is C13H22N2O. The lowest BCUT2D eigenvalue weighted by Gasteiger charge is -2.23. The van der Waals surface area contributed by atoms with Crippen molar-refractivity contribution in [2.45, 2.75) is 57.0 Å². The molecule has 2 N–H and O–H groups in total. The van der Waals surface area contributed by atoms with E-state index in [-0.39, 0.29) is 5.91 Å². The molecule has 3 heteroatoms. The van der Waals surface area contributed by atoms with Crippen molar-refractivity contribution < 1.29 is 4.79 Å². The van der Waals surface area contributed by atoms with Crippen LogP contribution in [0.4, 0.5) is 0 Å². The second-order valence-electron chi connectivity index (χ2n) is 4.92. The van der Waals surface area contributed by atoms with Crippen LogP contribution >= 0.6 is 0 Å². The number of rotatable bonds is 4. The first-order chi connectivity index (χ1) is 7.84. The normalized spacial score (nSPS) is 22.5. The molecule has 1 saturated carbocycles. The predicted molar refractivity (Wildman–Crippen MR) is 65.2 cm³/mol. The minimum absolute atomic E-state index is 0.166. The Morgan fingerprint density at radius 1 is 1.06 bits per heavy atom. The van der Waals surface area contributed by atoms with Crippen LogP contribution in [0, 0.1) is 0 Å². The highest BCUT2D eigenvalue weighted by molar-refractivity contribution is 5.78. The van der Waals surface area contributed by atoms with E-state index in [1.54, 1.807) is 0 Å². The van der Waals surface area contributed by atoms with Gasteiger partial charge in [-0.1, -0.05) is 31.4 Å². The summed E-state index contributed by atoms with van der Waals surface area (Å²) in [4.78, 5) is 11.7. The zero-order valence-corrected chi connectivity index (χ0v) is 9.87. The largest absolute Gasteiger partial charge is 0.352 e. The molecule has 1 amide bonds. The van der Waals surface area contributed by atoms with Crippen LogP contribution in [0.25, 0.3) is 0 Å². The van der Waals surface area contributed by atoms with Crippen molar-refractivity contribution in [1.29, 1.82) is 0 Å². The summed E-state index contributed by atoms with van der Waals surface area (Å²) in [5.74, 6) is 0.166. The van der Waals surface area contributed by atoms with Crippen molar-refractivity contribution in [2.24, 2.45) is 0 Å². The maximum atomic E-state index is 11.7. The lowest BCUT2D eigenvalue weighted by molar-refractivity contribution is -0.121. The highest BCUT2D eigenvalue weighted by atomic mass is 16.1. The third-order valence-corrected chi connectivity index (χ3v) is 3.53. The molecule has 0 aromatic rings. The fraction of sp³-hybridized carbons (Fsp3) is 0.769. The number of carbonyl (C=O) groups excluding carboxylic acids is 1. The zero-order valence-electron chi connectivity index (χ0n) is 9.87. The first-order valence-corrected chi connectivity index (χ1v) is 6.52. The molecule has 0 atom stereocenters. The van der Waals surface area contributed by atoms with Gasteiger partial charge < -0.3 is 10.6 Å². The van der Waals surface area contributed by atoms with Gasteiger partial charge in [0.1, 0.15) is 0 Å². The molecular weight excluding hydrogens is 200 g/mol. The van der Waals surface area contributed by atoms with Gasteiger partial charge in [-0.3, -0.25) is 4.79 Å². The van der Waals surface area contributed by atoms with Gasteiger partial charge >= 0.3 is 0 Å². The van der Waals surface area contributed by atoms with Crippen LogP contribution in [-0.4, -0.2) is 24.5 Å². The van der Waals surface area contributed by atoms with Crippen LogP contribution < -0.4 is 10.6 Å². The molecule has 0 radical (unpaired) electrons. The van der Waals surface area contributed by atoms with Gasteiger partial charge in [-0.2, -0.15) is 0 Å². The SMILES string of the molecule is O=C(CNC1CC=CC1)NC1CCCCC1. The Bertz CT molecular complexity index is 249. The standard InChI is InChI=1S/C13H22N2O/c16-13(10-14-11-6-4-5-7-11)15-12-8-2-1-3-9-12/h4-5,11-12,14H,1-3,6-10H2,(H,15,16). The van der Waals surface area contributed by atoms with E-state index in [0.717, 1.165) is 25.7 Å². The van der Waals surface area contributed by atoms with E-state index in [1.165, 1.54) is 19.3 Å². The van der Waals surface area contributed by atoms with Gasteiger partial charge in [0.05, 0.1) is 6.54 Å². The van der Waals surface area contributed by atoms with Gasteiger partial charge in [-0.15, -0.1) is 0 Å². The molecule has 0 aliphatic heterocycles. The minimum atomic E-state index is 0.166. The van der Waals surface area contributed by atoms with Crippen LogP contribution in [0.15, 0.2) is 12.2 Å². The Kier molecular flexibility index (Phi) is 4.40. The topological polar surface area (TPSA) is 41.1 Å². The van der Waals surface area contributed by atoms with Gasteiger partial charge in [0, 0.05) is 12.1 Å². The second-order valence-corrected chi connectivity index (χ2v) is 4.92. The van der Waals surface area contributed by atoms with Crippen molar-refractivity contribution in [1.82, 2.24) is 10.6 Å². The van der Waals surface area contributed by atoms with E-state index in [9.17, 15) is 4.79 Å². The van der Waals surface area contributed by atoms with E-state index < -0.39 is 0 Å². The van der Waals surface area contributed by atoms with Crippen LogP contribution in [0.5, 0.6) is 0 Å². The van der Waals surface area contributed by atoms with Gasteiger partial charge in [0.15, 0.2) is 0 Å². The smallest absolute Gasteiger partial charge is 0.234 e. The second kappa shape index (κ2) is 6.04. The molecule has 0 aromatic carbocycles. The van der Waals surface area contributed by atoms with Gasteiger partial charge in [-0.05, 0) is 25.7 Å². The summed E-state index contributed by atoms with van der Waals surface area (Å²) in [6, 6.07) is 0.918. The first-order valence-electron chi connectivity index (χ1n) is 6.52. The molecule has 0 saturated heterocycles. The Balaban J connectivity index is 1.59. The van der Waals surface area contributed by atoms with Crippen molar-refractivity contribution in [3.8, 4) is 0 Å². The lowest BCUT2D eigenvalue weighted by Crippen LogP contribution is -2.43. The molecule has 0 bridgehead atoms. The lowest BCUT2D eigenvalue weighted by atomic mass is 9.95. The zero-order chi connectivity index (χ0) is 11.2. The highest BCUT2D eigenvalue weighted by Gasteiger charge is 2.16. The Morgan fingerprint density at radius 2 is 1.75 bits per heavy atom. The molecule has 0 spiro atoms. The molecule has 0 heterocycles.